The quantitative estimate of drug-likeness (QED) is 0.867. The first-order chi connectivity index (χ1) is 10.2. The van der Waals surface area contributed by atoms with E-state index in [2.05, 4.69) is 4.90 Å². The van der Waals surface area contributed by atoms with Gasteiger partial charge in [0.05, 0.1) is 0 Å². The van der Waals surface area contributed by atoms with E-state index < -0.39 is 0 Å². The molecule has 0 aliphatic carbocycles. The molecule has 2 saturated heterocycles. The van der Waals surface area contributed by atoms with Crippen LogP contribution in [0.1, 0.15) is 36.0 Å². The van der Waals surface area contributed by atoms with E-state index in [0.29, 0.717) is 11.6 Å². The maximum atomic E-state index is 12.6. The molecule has 1 amide bonds. The molecule has 21 heavy (non-hydrogen) atoms. The topological polar surface area (TPSA) is 49.6 Å². The van der Waals surface area contributed by atoms with Crippen molar-refractivity contribution in [2.24, 2.45) is 5.92 Å². The second-order valence-electron chi connectivity index (χ2n) is 6.39. The van der Waals surface area contributed by atoms with E-state index in [4.69, 9.17) is 5.73 Å². The Morgan fingerprint density at radius 1 is 1.10 bits per heavy atom. The summed E-state index contributed by atoms with van der Waals surface area (Å²) in [5.41, 5.74) is 7.15. The molecule has 0 aromatic heterocycles. The van der Waals surface area contributed by atoms with E-state index in [1.165, 1.54) is 32.4 Å². The zero-order chi connectivity index (χ0) is 14.7. The molecule has 2 aliphatic rings. The molecular weight excluding hydrogens is 262 g/mol. The Morgan fingerprint density at radius 3 is 2.52 bits per heavy atom. The van der Waals surface area contributed by atoms with Crippen LogP contribution >= 0.6 is 0 Å². The third-order valence-corrected chi connectivity index (χ3v) is 4.68. The number of piperidine rings is 1. The van der Waals surface area contributed by atoms with Crippen LogP contribution in [-0.4, -0.2) is 48.4 Å². The molecule has 1 aromatic rings. The molecule has 1 atom stereocenters. The zero-order valence-electron chi connectivity index (χ0n) is 12.6. The normalized spacial score (nSPS) is 23.4. The summed E-state index contributed by atoms with van der Waals surface area (Å²) >= 11 is 0. The average Bonchev–Trinajstić information content (AvgIpc) is 3.00. The lowest BCUT2D eigenvalue weighted by atomic mass is 9.96. The number of anilines is 1. The summed E-state index contributed by atoms with van der Waals surface area (Å²) in [6.45, 7) is 5.43. The Labute approximate surface area is 126 Å². The Morgan fingerprint density at radius 2 is 1.81 bits per heavy atom. The van der Waals surface area contributed by atoms with Crippen LogP contribution in [0.3, 0.4) is 0 Å². The van der Waals surface area contributed by atoms with Crippen molar-refractivity contribution >= 4 is 11.6 Å². The van der Waals surface area contributed by atoms with Gasteiger partial charge < -0.3 is 15.5 Å². The van der Waals surface area contributed by atoms with Crippen molar-refractivity contribution in [3.8, 4) is 0 Å². The highest BCUT2D eigenvalue weighted by Crippen LogP contribution is 2.21. The lowest BCUT2D eigenvalue weighted by molar-refractivity contribution is 0.0648. The van der Waals surface area contributed by atoms with Gasteiger partial charge in [0.25, 0.3) is 5.91 Å². The molecule has 0 radical (unpaired) electrons. The van der Waals surface area contributed by atoms with Crippen LogP contribution in [-0.2, 0) is 0 Å². The minimum atomic E-state index is 0.154. The predicted octanol–water partition coefficient (Wildman–Crippen LogP) is 2.22. The van der Waals surface area contributed by atoms with Gasteiger partial charge in [-0.2, -0.15) is 0 Å². The number of hydrogen-bond donors (Lipinski definition) is 1. The fraction of sp³-hybridized carbons (Fsp3) is 0.588. The number of carbonyl (C=O) groups excluding carboxylic acids is 1. The number of nitrogen functional groups attached to an aromatic ring is 1. The molecule has 4 nitrogen and oxygen atoms in total. The number of nitrogens with zero attached hydrogens (tertiary/aromatic N) is 2. The van der Waals surface area contributed by atoms with Crippen molar-refractivity contribution in [1.82, 2.24) is 9.80 Å². The molecule has 1 aromatic carbocycles. The minimum Gasteiger partial charge on any atom is -0.399 e. The highest BCUT2D eigenvalue weighted by Gasteiger charge is 2.26. The molecule has 2 fully saturated rings. The second kappa shape index (κ2) is 6.48. The molecule has 0 spiro atoms. The van der Waals surface area contributed by atoms with Crippen molar-refractivity contribution in [3.05, 3.63) is 29.8 Å². The Hall–Kier alpha value is -1.55. The highest BCUT2D eigenvalue weighted by atomic mass is 16.2. The fourth-order valence-corrected chi connectivity index (χ4v) is 3.54. The first-order valence-electron chi connectivity index (χ1n) is 8.09. The SMILES string of the molecule is Nc1ccc(C(=O)N2CCCC(CN3CCCC3)C2)cc1. The van der Waals surface area contributed by atoms with Gasteiger partial charge >= 0.3 is 0 Å². The summed E-state index contributed by atoms with van der Waals surface area (Å²) < 4.78 is 0. The van der Waals surface area contributed by atoms with E-state index >= 15 is 0 Å². The van der Waals surface area contributed by atoms with E-state index in [0.717, 1.165) is 31.6 Å². The van der Waals surface area contributed by atoms with E-state index in [1.54, 1.807) is 12.1 Å². The van der Waals surface area contributed by atoms with Gasteiger partial charge in [0.1, 0.15) is 0 Å². The largest absolute Gasteiger partial charge is 0.399 e. The van der Waals surface area contributed by atoms with Gasteiger partial charge in [-0.1, -0.05) is 0 Å². The van der Waals surface area contributed by atoms with E-state index in [1.807, 2.05) is 17.0 Å². The van der Waals surface area contributed by atoms with Crippen LogP contribution in [0, 0.1) is 5.92 Å². The summed E-state index contributed by atoms with van der Waals surface area (Å²) in [5, 5.41) is 0. The monoisotopic (exact) mass is 287 g/mol. The Bertz CT molecular complexity index is 479. The number of likely N-dealkylation sites (tertiary alicyclic amines) is 2. The first kappa shape index (κ1) is 14.4. The van der Waals surface area contributed by atoms with Crippen LogP contribution in [0.2, 0.25) is 0 Å². The van der Waals surface area contributed by atoms with Crippen LogP contribution in [0.15, 0.2) is 24.3 Å². The molecule has 2 N–H and O–H groups in total. The number of benzene rings is 1. The van der Waals surface area contributed by atoms with Gasteiger partial charge in [0.15, 0.2) is 0 Å². The Balaban J connectivity index is 1.59. The lowest BCUT2D eigenvalue weighted by Gasteiger charge is -2.34. The third-order valence-electron chi connectivity index (χ3n) is 4.68. The summed E-state index contributed by atoms with van der Waals surface area (Å²) in [7, 11) is 0. The molecule has 2 aliphatic heterocycles. The summed E-state index contributed by atoms with van der Waals surface area (Å²) in [5.74, 6) is 0.788. The molecule has 1 unspecified atom stereocenters. The number of hydrogen-bond acceptors (Lipinski definition) is 3. The molecule has 0 bridgehead atoms. The van der Waals surface area contributed by atoms with Crippen molar-refractivity contribution in [2.75, 3.05) is 38.5 Å². The van der Waals surface area contributed by atoms with Crippen LogP contribution in [0.5, 0.6) is 0 Å². The third kappa shape index (κ3) is 3.56. The van der Waals surface area contributed by atoms with Crippen LogP contribution in [0.4, 0.5) is 5.69 Å². The average molecular weight is 287 g/mol. The van der Waals surface area contributed by atoms with E-state index in [-0.39, 0.29) is 5.91 Å². The van der Waals surface area contributed by atoms with Crippen molar-refractivity contribution < 1.29 is 4.79 Å². The smallest absolute Gasteiger partial charge is 0.253 e. The van der Waals surface area contributed by atoms with Gasteiger partial charge in [0, 0.05) is 30.9 Å². The molecule has 0 saturated carbocycles. The summed E-state index contributed by atoms with van der Waals surface area (Å²) in [4.78, 5) is 17.1. The number of carbonyl (C=O) groups is 1. The summed E-state index contributed by atoms with van der Waals surface area (Å²) in [6, 6.07) is 7.28. The van der Waals surface area contributed by atoms with Gasteiger partial charge in [-0.3, -0.25) is 4.79 Å². The van der Waals surface area contributed by atoms with Crippen molar-refractivity contribution in [2.45, 2.75) is 25.7 Å². The number of nitrogens with two attached hydrogens (primary N) is 1. The highest BCUT2D eigenvalue weighted by molar-refractivity contribution is 5.94. The second-order valence-corrected chi connectivity index (χ2v) is 6.39. The van der Waals surface area contributed by atoms with Crippen molar-refractivity contribution in [3.63, 3.8) is 0 Å². The van der Waals surface area contributed by atoms with Gasteiger partial charge in [-0.25, -0.2) is 0 Å². The predicted molar refractivity (Wildman–Crippen MR) is 85.2 cm³/mol. The van der Waals surface area contributed by atoms with Crippen LogP contribution in [0.25, 0.3) is 0 Å². The maximum Gasteiger partial charge on any atom is 0.253 e. The zero-order valence-corrected chi connectivity index (χ0v) is 12.6. The van der Waals surface area contributed by atoms with Crippen molar-refractivity contribution in [1.29, 1.82) is 0 Å². The Kier molecular flexibility index (Phi) is 4.44. The molecule has 114 valence electrons. The first-order valence-corrected chi connectivity index (χ1v) is 8.09. The number of amides is 1. The fourth-order valence-electron chi connectivity index (χ4n) is 3.54. The lowest BCUT2D eigenvalue weighted by Crippen LogP contribution is -2.43. The minimum absolute atomic E-state index is 0.154. The standard InChI is InChI=1S/C17H25N3O/c18-16-7-5-15(6-8-16)17(21)20-11-3-4-14(13-20)12-19-9-1-2-10-19/h5-8,14H,1-4,9-13,18H2. The molecule has 4 heteroatoms. The van der Waals surface area contributed by atoms with Gasteiger partial charge in [0.2, 0.25) is 0 Å². The molecular formula is C17H25N3O. The van der Waals surface area contributed by atoms with Gasteiger partial charge in [-0.15, -0.1) is 0 Å². The van der Waals surface area contributed by atoms with E-state index in [9.17, 15) is 4.79 Å². The molecule has 3 rings (SSSR count). The maximum absolute atomic E-state index is 12.6. The number of rotatable bonds is 3. The van der Waals surface area contributed by atoms with Crippen LogP contribution < -0.4 is 5.73 Å². The summed E-state index contributed by atoms with van der Waals surface area (Å²) in [6.07, 6.45) is 5.04. The van der Waals surface area contributed by atoms with Gasteiger partial charge in [-0.05, 0) is 69.0 Å². The molecule has 2 heterocycles.